The van der Waals surface area contributed by atoms with E-state index >= 15 is 0 Å². The molecule has 0 aromatic rings. The first kappa shape index (κ1) is 14.3. The third-order valence-electron chi connectivity index (χ3n) is 5.03. The van der Waals surface area contributed by atoms with Gasteiger partial charge in [-0.05, 0) is 51.6 Å². The van der Waals surface area contributed by atoms with Crippen LogP contribution < -0.4 is 5.32 Å². The smallest absolute Gasteiger partial charge is 0.0480 e. The molecular weight excluding hydrogens is 224 g/mol. The van der Waals surface area contributed by atoms with Crippen molar-refractivity contribution >= 4 is 0 Å². The van der Waals surface area contributed by atoms with E-state index < -0.39 is 0 Å². The summed E-state index contributed by atoms with van der Waals surface area (Å²) < 4.78 is 5.49. The summed E-state index contributed by atoms with van der Waals surface area (Å²) in [5, 5.41) is 3.56. The van der Waals surface area contributed by atoms with Crippen LogP contribution in [-0.2, 0) is 4.74 Å². The Morgan fingerprint density at radius 2 is 1.78 bits per heavy atom. The monoisotopic (exact) mass is 254 g/mol. The van der Waals surface area contributed by atoms with Gasteiger partial charge in [0.2, 0.25) is 0 Å². The lowest BCUT2D eigenvalue weighted by atomic mass is 9.75. The third-order valence-corrected chi connectivity index (χ3v) is 5.03. The predicted molar refractivity (Wildman–Crippen MR) is 75.8 cm³/mol. The second-order valence-corrected chi connectivity index (χ2v) is 6.45. The second kappa shape index (κ2) is 6.36. The Balaban J connectivity index is 2.03. The summed E-state index contributed by atoms with van der Waals surface area (Å²) in [5.74, 6) is 1.65. The zero-order valence-electron chi connectivity index (χ0n) is 12.5. The fourth-order valence-corrected chi connectivity index (χ4v) is 4.15. The van der Waals surface area contributed by atoms with Crippen LogP contribution >= 0.6 is 0 Å². The molecule has 2 fully saturated rings. The molecule has 1 saturated heterocycles. The third kappa shape index (κ3) is 3.06. The average Bonchev–Trinajstić information content (AvgIpc) is 2.38. The van der Waals surface area contributed by atoms with E-state index in [0.29, 0.717) is 12.1 Å². The Morgan fingerprint density at radius 1 is 1.11 bits per heavy atom. The highest BCUT2D eigenvalue weighted by Crippen LogP contribution is 2.33. The van der Waals surface area contributed by atoms with Crippen molar-refractivity contribution in [3.8, 4) is 0 Å². The quantitative estimate of drug-likeness (QED) is 0.835. The lowest BCUT2D eigenvalue weighted by Gasteiger charge is -2.47. The Hall–Kier alpha value is -0.120. The topological polar surface area (TPSA) is 24.5 Å². The summed E-state index contributed by atoms with van der Waals surface area (Å²) >= 11 is 0. The molecule has 2 rings (SSSR count). The highest BCUT2D eigenvalue weighted by molar-refractivity contribution is 4.94. The van der Waals surface area contributed by atoms with Gasteiger partial charge in [-0.3, -0.25) is 4.90 Å². The lowest BCUT2D eigenvalue weighted by molar-refractivity contribution is -0.00454. The normalized spacial score (nSPS) is 39.2. The first-order valence-electron chi connectivity index (χ1n) is 7.60. The summed E-state index contributed by atoms with van der Waals surface area (Å²) in [5.41, 5.74) is 0. The van der Waals surface area contributed by atoms with E-state index in [1.807, 2.05) is 0 Å². The molecule has 0 radical (unpaired) electrons. The molecule has 1 N–H and O–H groups in total. The molecule has 2 aliphatic rings. The van der Waals surface area contributed by atoms with Gasteiger partial charge in [0.25, 0.3) is 0 Å². The highest BCUT2D eigenvalue weighted by Gasteiger charge is 2.38. The summed E-state index contributed by atoms with van der Waals surface area (Å²) in [4.78, 5) is 2.65. The number of ether oxygens (including phenoxy) is 1. The number of hydrogen-bond acceptors (Lipinski definition) is 3. The zero-order chi connectivity index (χ0) is 13.1. The van der Waals surface area contributed by atoms with E-state index in [2.05, 4.69) is 38.2 Å². The molecule has 3 heteroatoms. The molecule has 0 aromatic carbocycles. The van der Waals surface area contributed by atoms with Crippen LogP contribution in [0.3, 0.4) is 0 Å². The fourth-order valence-electron chi connectivity index (χ4n) is 4.15. The van der Waals surface area contributed by atoms with Crippen LogP contribution in [0.1, 0.15) is 39.5 Å². The van der Waals surface area contributed by atoms with Gasteiger partial charge in [0.1, 0.15) is 0 Å². The first-order chi connectivity index (χ1) is 8.63. The van der Waals surface area contributed by atoms with E-state index in [-0.39, 0.29) is 0 Å². The molecule has 1 aliphatic carbocycles. The van der Waals surface area contributed by atoms with E-state index in [1.54, 1.807) is 0 Å². The maximum atomic E-state index is 5.49. The summed E-state index contributed by atoms with van der Waals surface area (Å²) in [7, 11) is 4.46. The van der Waals surface area contributed by atoms with Crippen LogP contribution in [0.2, 0.25) is 0 Å². The standard InChI is InChI=1S/C15H30N2O/c1-11-9-12(2)15(14(10-11)16-3)17(4)13-5-7-18-8-6-13/h11-16H,5-10H2,1-4H3. The highest BCUT2D eigenvalue weighted by atomic mass is 16.5. The maximum Gasteiger partial charge on any atom is 0.0480 e. The number of nitrogens with one attached hydrogen (secondary N) is 1. The minimum absolute atomic E-state index is 0.650. The molecule has 1 saturated carbocycles. The molecule has 1 aliphatic heterocycles. The Morgan fingerprint density at radius 3 is 2.39 bits per heavy atom. The van der Waals surface area contributed by atoms with Crippen molar-refractivity contribution in [3.05, 3.63) is 0 Å². The molecule has 1 heterocycles. The van der Waals surface area contributed by atoms with Crippen molar-refractivity contribution in [3.63, 3.8) is 0 Å². The predicted octanol–water partition coefficient (Wildman–Crippen LogP) is 2.12. The van der Waals surface area contributed by atoms with E-state index in [4.69, 9.17) is 4.74 Å². The SMILES string of the molecule is CNC1CC(C)CC(C)C1N(C)C1CCOCC1. The minimum Gasteiger partial charge on any atom is -0.381 e. The number of likely N-dealkylation sites (N-methyl/N-ethyl adjacent to an activating group) is 2. The van der Waals surface area contributed by atoms with Crippen LogP contribution in [0.15, 0.2) is 0 Å². The van der Waals surface area contributed by atoms with Crippen LogP contribution in [0.4, 0.5) is 0 Å². The van der Waals surface area contributed by atoms with E-state index in [9.17, 15) is 0 Å². The minimum atomic E-state index is 0.650. The lowest BCUT2D eigenvalue weighted by Crippen LogP contribution is -2.57. The van der Waals surface area contributed by atoms with Crippen molar-refractivity contribution in [2.24, 2.45) is 11.8 Å². The molecule has 106 valence electrons. The van der Waals surface area contributed by atoms with Crippen LogP contribution in [0, 0.1) is 11.8 Å². The van der Waals surface area contributed by atoms with Gasteiger partial charge in [-0.2, -0.15) is 0 Å². The molecular formula is C15H30N2O. The fraction of sp³-hybridized carbons (Fsp3) is 1.00. The molecule has 18 heavy (non-hydrogen) atoms. The molecule has 0 aromatic heterocycles. The second-order valence-electron chi connectivity index (χ2n) is 6.45. The van der Waals surface area contributed by atoms with Crippen LogP contribution in [-0.4, -0.2) is 50.3 Å². The van der Waals surface area contributed by atoms with Gasteiger partial charge in [0.05, 0.1) is 0 Å². The van der Waals surface area contributed by atoms with E-state index in [1.165, 1.54) is 25.7 Å². The number of nitrogens with zero attached hydrogens (tertiary/aromatic N) is 1. The van der Waals surface area contributed by atoms with Crippen molar-refractivity contribution < 1.29 is 4.74 Å². The van der Waals surface area contributed by atoms with Gasteiger partial charge in [0, 0.05) is 31.3 Å². The summed E-state index contributed by atoms with van der Waals surface area (Å²) in [6.07, 6.45) is 5.09. The molecule has 4 atom stereocenters. The molecule has 0 amide bonds. The number of hydrogen-bond donors (Lipinski definition) is 1. The molecule has 4 unspecified atom stereocenters. The van der Waals surface area contributed by atoms with Gasteiger partial charge in [-0.15, -0.1) is 0 Å². The molecule has 3 nitrogen and oxygen atoms in total. The first-order valence-corrected chi connectivity index (χ1v) is 7.60. The van der Waals surface area contributed by atoms with Gasteiger partial charge in [0.15, 0.2) is 0 Å². The molecule has 0 bridgehead atoms. The van der Waals surface area contributed by atoms with Gasteiger partial charge >= 0.3 is 0 Å². The van der Waals surface area contributed by atoms with E-state index in [0.717, 1.165) is 31.1 Å². The Labute approximate surface area is 112 Å². The summed E-state index contributed by atoms with van der Waals surface area (Å²) in [6.45, 7) is 6.71. The van der Waals surface area contributed by atoms with Crippen molar-refractivity contribution in [1.29, 1.82) is 0 Å². The van der Waals surface area contributed by atoms with Gasteiger partial charge in [-0.25, -0.2) is 0 Å². The Bertz CT molecular complexity index is 253. The zero-order valence-corrected chi connectivity index (χ0v) is 12.5. The van der Waals surface area contributed by atoms with Gasteiger partial charge in [-0.1, -0.05) is 13.8 Å². The average molecular weight is 254 g/mol. The van der Waals surface area contributed by atoms with Crippen LogP contribution in [0.25, 0.3) is 0 Å². The largest absolute Gasteiger partial charge is 0.381 e. The van der Waals surface area contributed by atoms with Crippen molar-refractivity contribution in [2.45, 2.75) is 57.7 Å². The summed E-state index contributed by atoms with van der Waals surface area (Å²) in [6, 6.07) is 2.06. The maximum absolute atomic E-state index is 5.49. The van der Waals surface area contributed by atoms with Gasteiger partial charge < -0.3 is 10.1 Å². The molecule has 0 spiro atoms. The van der Waals surface area contributed by atoms with Crippen molar-refractivity contribution in [2.75, 3.05) is 27.3 Å². The Kier molecular flexibility index (Phi) is 5.05. The number of rotatable bonds is 3. The van der Waals surface area contributed by atoms with Crippen LogP contribution in [0.5, 0.6) is 0 Å². The van der Waals surface area contributed by atoms with Crippen molar-refractivity contribution in [1.82, 2.24) is 10.2 Å².